The summed E-state index contributed by atoms with van der Waals surface area (Å²) in [5, 5.41) is 0.967. The third-order valence-corrected chi connectivity index (χ3v) is 5.10. The van der Waals surface area contributed by atoms with Gasteiger partial charge in [0.1, 0.15) is 11.3 Å². The molecule has 2 aromatic rings. The number of carbonyl (C=O) groups is 1. The van der Waals surface area contributed by atoms with E-state index < -0.39 is 0 Å². The van der Waals surface area contributed by atoms with Gasteiger partial charge in [0, 0.05) is 17.0 Å². The molecule has 1 aromatic carbocycles. The molecule has 1 heterocycles. The van der Waals surface area contributed by atoms with Crippen LogP contribution < -0.4 is 10.4 Å². The number of hydrogen-bond donors (Lipinski definition) is 0. The molecule has 4 nitrogen and oxygen atoms in total. The second-order valence-electron chi connectivity index (χ2n) is 6.61. The van der Waals surface area contributed by atoms with Gasteiger partial charge in [-0.2, -0.15) is 0 Å². The number of hydrogen-bond acceptors (Lipinski definition) is 4. The summed E-state index contributed by atoms with van der Waals surface area (Å²) >= 11 is 0. The lowest BCUT2D eigenvalue weighted by Crippen LogP contribution is -2.22. The van der Waals surface area contributed by atoms with Gasteiger partial charge in [0.05, 0.1) is 5.92 Å². The van der Waals surface area contributed by atoms with Crippen molar-refractivity contribution in [1.82, 2.24) is 0 Å². The van der Waals surface area contributed by atoms with Crippen molar-refractivity contribution in [3.8, 4) is 5.75 Å². The molecule has 0 unspecified atom stereocenters. The maximum absolute atomic E-state index is 12.2. The third-order valence-electron chi connectivity index (χ3n) is 5.10. The first-order valence-corrected chi connectivity index (χ1v) is 8.53. The number of carbonyl (C=O) groups excluding carboxylic acids is 1. The maximum Gasteiger partial charge on any atom is 0.339 e. The Morgan fingerprint density at radius 1 is 1.04 bits per heavy atom. The van der Waals surface area contributed by atoms with E-state index in [0.29, 0.717) is 11.3 Å². The number of fused-ring (bicyclic) bond motifs is 3. The Morgan fingerprint density at radius 2 is 1.83 bits per heavy atom. The van der Waals surface area contributed by atoms with Gasteiger partial charge in [-0.25, -0.2) is 4.79 Å². The van der Waals surface area contributed by atoms with Crippen molar-refractivity contribution in [3.63, 3.8) is 0 Å². The van der Waals surface area contributed by atoms with E-state index in [9.17, 15) is 9.59 Å². The van der Waals surface area contributed by atoms with E-state index >= 15 is 0 Å². The average Bonchev–Trinajstić information content (AvgIpc) is 3.06. The molecule has 2 aliphatic rings. The Hall–Kier alpha value is -2.10. The molecule has 1 fully saturated rings. The van der Waals surface area contributed by atoms with E-state index in [4.69, 9.17) is 9.15 Å². The van der Waals surface area contributed by atoms with Crippen LogP contribution in [0.5, 0.6) is 5.75 Å². The summed E-state index contributed by atoms with van der Waals surface area (Å²) in [4.78, 5) is 24.3. The molecule has 0 spiro atoms. The molecular weight excluding hydrogens is 292 g/mol. The largest absolute Gasteiger partial charge is 0.426 e. The fraction of sp³-hybridized carbons (Fsp3) is 0.474. The maximum atomic E-state index is 12.2. The van der Waals surface area contributed by atoms with Crippen LogP contribution in [0.2, 0.25) is 0 Å². The first kappa shape index (κ1) is 14.5. The summed E-state index contributed by atoms with van der Waals surface area (Å²) < 4.78 is 10.9. The fourth-order valence-electron chi connectivity index (χ4n) is 3.87. The molecule has 1 aromatic heterocycles. The van der Waals surface area contributed by atoms with Gasteiger partial charge in [0.25, 0.3) is 0 Å². The van der Waals surface area contributed by atoms with E-state index in [2.05, 4.69) is 0 Å². The van der Waals surface area contributed by atoms with Gasteiger partial charge < -0.3 is 9.15 Å². The fourth-order valence-corrected chi connectivity index (χ4v) is 3.87. The summed E-state index contributed by atoms with van der Waals surface area (Å²) in [5.74, 6) is 0.313. The second kappa shape index (κ2) is 5.84. The molecule has 1 saturated carbocycles. The predicted molar refractivity (Wildman–Crippen MR) is 86.7 cm³/mol. The van der Waals surface area contributed by atoms with Crippen molar-refractivity contribution in [2.45, 2.75) is 51.4 Å². The van der Waals surface area contributed by atoms with Gasteiger partial charge in [-0.05, 0) is 49.8 Å². The molecular formula is C19H20O4. The predicted octanol–water partition coefficient (Wildman–Crippen LogP) is 3.77. The minimum absolute atomic E-state index is 0.00600. The van der Waals surface area contributed by atoms with Gasteiger partial charge in [-0.15, -0.1) is 0 Å². The van der Waals surface area contributed by atoms with Crippen LogP contribution in [-0.2, 0) is 17.6 Å². The Kier molecular flexibility index (Phi) is 3.68. The highest BCUT2D eigenvalue weighted by atomic mass is 16.5. The molecule has 0 aliphatic heterocycles. The lowest BCUT2D eigenvalue weighted by Gasteiger charge is -2.19. The van der Waals surface area contributed by atoms with Gasteiger partial charge in [-0.1, -0.05) is 19.3 Å². The molecule has 0 N–H and O–H groups in total. The lowest BCUT2D eigenvalue weighted by molar-refractivity contribution is -0.139. The van der Waals surface area contributed by atoms with Crippen LogP contribution in [0.25, 0.3) is 11.0 Å². The summed E-state index contributed by atoms with van der Waals surface area (Å²) in [5.41, 5.74) is 2.18. The van der Waals surface area contributed by atoms with E-state index in [1.807, 2.05) is 12.1 Å². The number of benzene rings is 1. The molecule has 0 saturated heterocycles. The molecule has 0 atom stereocenters. The van der Waals surface area contributed by atoms with Crippen molar-refractivity contribution >= 4 is 16.9 Å². The Labute approximate surface area is 134 Å². The van der Waals surface area contributed by atoms with Gasteiger partial charge in [-0.3, -0.25) is 4.79 Å². The van der Waals surface area contributed by atoms with Crippen LogP contribution in [0.1, 0.15) is 49.7 Å². The zero-order valence-corrected chi connectivity index (χ0v) is 13.1. The smallest absolute Gasteiger partial charge is 0.339 e. The second-order valence-corrected chi connectivity index (χ2v) is 6.61. The first-order valence-electron chi connectivity index (χ1n) is 8.53. The minimum Gasteiger partial charge on any atom is -0.426 e. The van der Waals surface area contributed by atoms with Crippen molar-refractivity contribution in [2.24, 2.45) is 5.92 Å². The van der Waals surface area contributed by atoms with E-state index in [0.717, 1.165) is 61.5 Å². The first-order chi connectivity index (χ1) is 11.2. The summed E-state index contributed by atoms with van der Waals surface area (Å²) in [6, 6.07) is 5.39. The van der Waals surface area contributed by atoms with E-state index in [1.54, 1.807) is 6.07 Å². The van der Waals surface area contributed by atoms with Gasteiger partial charge in [0.2, 0.25) is 0 Å². The SMILES string of the molecule is O=C(Oc1ccc2c3c(c(=O)oc2c1)CCC3)C1CCCCC1. The van der Waals surface area contributed by atoms with Crippen LogP contribution in [0.15, 0.2) is 27.4 Å². The van der Waals surface area contributed by atoms with E-state index in [-0.39, 0.29) is 17.5 Å². The Bertz CT molecular complexity index is 812. The highest BCUT2D eigenvalue weighted by Gasteiger charge is 2.24. The number of esters is 1. The Balaban J connectivity index is 1.63. The summed E-state index contributed by atoms with van der Waals surface area (Å²) in [6.07, 6.45) is 7.93. The zero-order valence-electron chi connectivity index (χ0n) is 13.1. The van der Waals surface area contributed by atoms with Crippen LogP contribution in [0, 0.1) is 5.92 Å². The van der Waals surface area contributed by atoms with Crippen molar-refractivity contribution < 1.29 is 13.9 Å². The van der Waals surface area contributed by atoms with Crippen molar-refractivity contribution in [1.29, 1.82) is 0 Å². The standard InChI is InChI=1S/C19H20O4/c20-18(12-5-2-1-3-6-12)22-13-9-10-15-14-7-4-8-16(14)19(21)23-17(15)11-13/h9-12H,1-8H2. The minimum atomic E-state index is -0.249. The van der Waals surface area contributed by atoms with Crippen LogP contribution in [0.3, 0.4) is 0 Å². The normalized spacial score (nSPS) is 18.1. The van der Waals surface area contributed by atoms with Crippen LogP contribution in [0.4, 0.5) is 0 Å². The molecule has 0 radical (unpaired) electrons. The van der Waals surface area contributed by atoms with Crippen molar-refractivity contribution in [2.75, 3.05) is 0 Å². The molecule has 4 rings (SSSR count). The molecule has 120 valence electrons. The Morgan fingerprint density at radius 3 is 2.65 bits per heavy atom. The number of ether oxygens (including phenoxy) is 1. The average molecular weight is 312 g/mol. The zero-order chi connectivity index (χ0) is 15.8. The summed E-state index contributed by atoms with van der Waals surface area (Å²) in [7, 11) is 0. The van der Waals surface area contributed by atoms with Gasteiger partial charge in [0.15, 0.2) is 0 Å². The highest BCUT2D eigenvalue weighted by molar-refractivity contribution is 5.84. The third kappa shape index (κ3) is 2.67. The summed E-state index contributed by atoms with van der Waals surface area (Å²) in [6.45, 7) is 0. The van der Waals surface area contributed by atoms with Crippen LogP contribution >= 0.6 is 0 Å². The molecule has 2 aliphatic carbocycles. The van der Waals surface area contributed by atoms with Gasteiger partial charge >= 0.3 is 11.6 Å². The molecule has 23 heavy (non-hydrogen) atoms. The molecule has 0 amide bonds. The number of aryl methyl sites for hydroxylation is 1. The highest BCUT2D eigenvalue weighted by Crippen LogP contribution is 2.31. The molecule has 0 bridgehead atoms. The topological polar surface area (TPSA) is 56.5 Å². The number of rotatable bonds is 2. The van der Waals surface area contributed by atoms with Crippen molar-refractivity contribution in [3.05, 3.63) is 39.7 Å². The monoisotopic (exact) mass is 312 g/mol. The van der Waals surface area contributed by atoms with Crippen LogP contribution in [-0.4, -0.2) is 5.97 Å². The van der Waals surface area contributed by atoms with E-state index in [1.165, 1.54) is 6.42 Å². The lowest BCUT2D eigenvalue weighted by atomic mass is 9.89. The quantitative estimate of drug-likeness (QED) is 0.481. The molecule has 4 heteroatoms.